The first-order valence-corrected chi connectivity index (χ1v) is 10.6. The van der Waals surface area contributed by atoms with E-state index in [1.807, 2.05) is 0 Å². The molecular formula is C26H30BNO2. The number of hydrogen-bond acceptors (Lipinski definition) is 2. The maximum Gasteiger partial charge on any atom is 0.309 e. The number of nitrogens with zero attached hydrogens (tertiary/aromatic N) is 1. The first-order valence-electron chi connectivity index (χ1n) is 10.6. The van der Waals surface area contributed by atoms with E-state index < -0.39 is 5.60 Å². The zero-order valence-electron chi connectivity index (χ0n) is 18.6. The summed E-state index contributed by atoms with van der Waals surface area (Å²) in [6.07, 6.45) is 0. The second-order valence-corrected chi connectivity index (χ2v) is 8.95. The lowest BCUT2D eigenvalue weighted by Crippen LogP contribution is -2.50. The fraction of sp³-hybridized carbons (Fsp3) is 0.308. The molecule has 4 aromatic rings. The standard InChI is InChI=1S/C26H30BNO2/c1-25(2,29-5)26(3,4)30-27-20-12-10-11-19(17-20)18-28-23-15-8-6-13-21(23)22-14-7-9-16-24(22)28/h6-17,27H,18H2,1-5H3. The Morgan fingerprint density at radius 2 is 1.37 bits per heavy atom. The molecule has 0 aliphatic rings. The fourth-order valence-electron chi connectivity index (χ4n) is 3.86. The van der Waals surface area contributed by atoms with E-state index >= 15 is 0 Å². The number of rotatable bonds is 7. The van der Waals surface area contributed by atoms with Gasteiger partial charge in [0, 0.05) is 35.5 Å². The minimum absolute atomic E-state index is 0.367. The average Bonchev–Trinajstić information content (AvgIpc) is 3.07. The molecule has 3 aromatic carbocycles. The third kappa shape index (κ3) is 3.78. The largest absolute Gasteiger partial charge is 0.427 e. The van der Waals surface area contributed by atoms with Gasteiger partial charge in [-0.25, -0.2) is 0 Å². The second-order valence-electron chi connectivity index (χ2n) is 8.95. The Balaban J connectivity index is 1.61. The molecule has 0 saturated heterocycles. The summed E-state index contributed by atoms with van der Waals surface area (Å²) in [7, 11) is 2.29. The Morgan fingerprint density at radius 1 is 0.767 bits per heavy atom. The number of aromatic nitrogens is 1. The molecule has 1 aromatic heterocycles. The van der Waals surface area contributed by atoms with Gasteiger partial charge < -0.3 is 14.0 Å². The van der Waals surface area contributed by atoms with Crippen LogP contribution in [0.25, 0.3) is 21.8 Å². The van der Waals surface area contributed by atoms with Crippen LogP contribution in [-0.2, 0) is 15.9 Å². The van der Waals surface area contributed by atoms with Crippen LogP contribution in [0.4, 0.5) is 0 Å². The van der Waals surface area contributed by atoms with Gasteiger partial charge in [-0.05, 0) is 45.4 Å². The van der Waals surface area contributed by atoms with Crippen molar-refractivity contribution in [1.82, 2.24) is 4.57 Å². The predicted octanol–water partition coefficient (Wildman–Crippen LogP) is 5.04. The Morgan fingerprint density at radius 3 is 1.97 bits per heavy atom. The molecule has 0 unspecified atom stereocenters. The molecule has 0 aliphatic heterocycles. The second kappa shape index (κ2) is 7.94. The van der Waals surface area contributed by atoms with Crippen molar-refractivity contribution in [2.24, 2.45) is 0 Å². The van der Waals surface area contributed by atoms with Gasteiger partial charge in [0.05, 0.1) is 11.2 Å². The van der Waals surface area contributed by atoms with Crippen LogP contribution in [0.1, 0.15) is 33.3 Å². The van der Waals surface area contributed by atoms with Gasteiger partial charge in [-0.1, -0.05) is 66.1 Å². The summed E-state index contributed by atoms with van der Waals surface area (Å²) in [4.78, 5) is 0. The highest BCUT2D eigenvalue weighted by Crippen LogP contribution is 2.30. The molecule has 3 nitrogen and oxygen atoms in total. The first-order chi connectivity index (χ1) is 14.3. The van der Waals surface area contributed by atoms with Crippen LogP contribution in [0.15, 0.2) is 72.8 Å². The van der Waals surface area contributed by atoms with E-state index in [9.17, 15) is 0 Å². The monoisotopic (exact) mass is 399 g/mol. The summed E-state index contributed by atoms with van der Waals surface area (Å²) in [6.45, 7) is 9.11. The third-order valence-electron chi connectivity index (χ3n) is 6.57. The molecule has 0 atom stereocenters. The molecule has 0 saturated carbocycles. The molecule has 4 heteroatoms. The quantitative estimate of drug-likeness (QED) is 0.407. The summed E-state index contributed by atoms with van der Waals surface area (Å²) in [5, 5.41) is 2.60. The van der Waals surface area contributed by atoms with Crippen molar-refractivity contribution >= 4 is 34.8 Å². The molecule has 0 radical (unpaired) electrons. The number of para-hydroxylation sites is 2. The van der Waals surface area contributed by atoms with Crippen LogP contribution in [0.5, 0.6) is 0 Å². The smallest absolute Gasteiger partial charge is 0.309 e. The van der Waals surface area contributed by atoms with Crippen LogP contribution >= 0.6 is 0 Å². The number of methoxy groups -OCH3 is 1. The normalized spacial score (nSPS) is 12.6. The molecule has 4 rings (SSSR count). The van der Waals surface area contributed by atoms with Crippen molar-refractivity contribution in [3.63, 3.8) is 0 Å². The van der Waals surface area contributed by atoms with Crippen molar-refractivity contribution in [2.45, 2.75) is 45.4 Å². The zero-order valence-corrected chi connectivity index (χ0v) is 18.6. The van der Waals surface area contributed by atoms with E-state index in [0.29, 0.717) is 7.48 Å². The summed E-state index contributed by atoms with van der Waals surface area (Å²) in [5.74, 6) is 0. The van der Waals surface area contributed by atoms with Gasteiger partial charge in [-0.2, -0.15) is 0 Å². The lowest BCUT2D eigenvalue weighted by Gasteiger charge is -2.40. The summed E-state index contributed by atoms with van der Waals surface area (Å²) in [6, 6.07) is 26.0. The van der Waals surface area contributed by atoms with Crippen LogP contribution in [-0.4, -0.2) is 30.4 Å². The van der Waals surface area contributed by atoms with E-state index in [0.717, 1.165) is 6.54 Å². The van der Waals surface area contributed by atoms with Gasteiger partial charge >= 0.3 is 7.48 Å². The Labute approximate surface area is 179 Å². The van der Waals surface area contributed by atoms with E-state index in [-0.39, 0.29) is 5.60 Å². The van der Waals surface area contributed by atoms with Crippen molar-refractivity contribution < 1.29 is 9.39 Å². The van der Waals surface area contributed by atoms with Gasteiger partial charge in [-0.3, -0.25) is 0 Å². The third-order valence-corrected chi connectivity index (χ3v) is 6.57. The number of ether oxygens (including phenoxy) is 1. The van der Waals surface area contributed by atoms with Crippen molar-refractivity contribution in [3.8, 4) is 0 Å². The fourth-order valence-corrected chi connectivity index (χ4v) is 3.86. The van der Waals surface area contributed by atoms with E-state index in [4.69, 9.17) is 9.39 Å². The van der Waals surface area contributed by atoms with Gasteiger partial charge in [0.25, 0.3) is 0 Å². The molecule has 0 aliphatic carbocycles. The SMILES string of the molecule is COC(C)(C)C(C)(C)OBc1cccc(Cn2c3ccccc3c3ccccc32)c1. The van der Waals surface area contributed by atoms with Crippen LogP contribution in [0.3, 0.4) is 0 Å². The Hall–Kier alpha value is -2.56. The molecule has 0 bridgehead atoms. The van der Waals surface area contributed by atoms with Crippen LogP contribution in [0, 0.1) is 0 Å². The van der Waals surface area contributed by atoms with E-state index in [1.54, 1.807) is 7.11 Å². The molecule has 0 N–H and O–H groups in total. The lowest BCUT2D eigenvalue weighted by molar-refractivity contribution is -0.114. The molecule has 0 spiro atoms. The highest BCUT2D eigenvalue weighted by Gasteiger charge is 2.37. The van der Waals surface area contributed by atoms with Crippen molar-refractivity contribution in [1.29, 1.82) is 0 Å². The van der Waals surface area contributed by atoms with E-state index in [2.05, 4.69) is 105 Å². The molecule has 0 fully saturated rings. The van der Waals surface area contributed by atoms with E-state index in [1.165, 1.54) is 32.8 Å². The van der Waals surface area contributed by atoms with Gasteiger partial charge in [0.1, 0.15) is 0 Å². The van der Waals surface area contributed by atoms with Gasteiger partial charge in [0.15, 0.2) is 0 Å². The highest BCUT2D eigenvalue weighted by atomic mass is 16.5. The van der Waals surface area contributed by atoms with Gasteiger partial charge in [0.2, 0.25) is 0 Å². The molecular weight excluding hydrogens is 369 g/mol. The van der Waals surface area contributed by atoms with Crippen LogP contribution in [0.2, 0.25) is 0 Å². The minimum atomic E-state index is -0.398. The summed E-state index contributed by atoms with van der Waals surface area (Å²) >= 11 is 0. The zero-order chi connectivity index (χ0) is 21.4. The average molecular weight is 399 g/mol. The summed E-state index contributed by atoms with van der Waals surface area (Å²) < 4.78 is 14.3. The maximum atomic E-state index is 6.27. The molecule has 154 valence electrons. The maximum absolute atomic E-state index is 6.27. The number of benzene rings is 3. The minimum Gasteiger partial charge on any atom is -0.427 e. The molecule has 0 amide bonds. The topological polar surface area (TPSA) is 23.4 Å². The van der Waals surface area contributed by atoms with Crippen molar-refractivity contribution in [2.75, 3.05) is 7.11 Å². The highest BCUT2D eigenvalue weighted by molar-refractivity contribution is 6.47. The predicted molar refractivity (Wildman–Crippen MR) is 128 cm³/mol. The lowest BCUT2D eigenvalue weighted by atomic mass is 9.82. The molecule has 1 heterocycles. The van der Waals surface area contributed by atoms with Crippen molar-refractivity contribution in [3.05, 3.63) is 78.4 Å². The Bertz CT molecular complexity index is 1120. The van der Waals surface area contributed by atoms with Crippen LogP contribution < -0.4 is 5.46 Å². The summed E-state index contributed by atoms with van der Waals surface area (Å²) in [5.41, 5.74) is 4.21. The molecule has 30 heavy (non-hydrogen) atoms. The first kappa shape index (κ1) is 20.7. The number of fused-ring (bicyclic) bond motifs is 3. The van der Waals surface area contributed by atoms with Gasteiger partial charge in [-0.15, -0.1) is 0 Å². The Kier molecular flexibility index (Phi) is 5.48. The number of hydrogen-bond donors (Lipinski definition) is 0.